The van der Waals surface area contributed by atoms with E-state index in [0.717, 1.165) is 49.4 Å². The lowest BCUT2D eigenvalue weighted by Gasteiger charge is -2.31. The summed E-state index contributed by atoms with van der Waals surface area (Å²) >= 11 is 0. The van der Waals surface area contributed by atoms with Crippen LogP contribution in [-0.2, 0) is 11.3 Å². The summed E-state index contributed by atoms with van der Waals surface area (Å²) in [5, 5.41) is 6.75. The molecular formula is C22H33IN6O. The monoisotopic (exact) mass is 524 g/mol. The molecule has 1 fully saturated rings. The average Bonchev–Trinajstić information content (AvgIpc) is 3.42. The van der Waals surface area contributed by atoms with Gasteiger partial charge in [0.1, 0.15) is 0 Å². The number of para-hydroxylation sites is 1. The average molecular weight is 524 g/mol. The van der Waals surface area contributed by atoms with Crippen LogP contribution in [0.3, 0.4) is 0 Å². The number of nitrogens with zero attached hydrogens (tertiary/aromatic N) is 4. The van der Waals surface area contributed by atoms with Gasteiger partial charge in [0.05, 0.1) is 24.0 Å². The van der Waals surface area contributed by atoms with Gasteiger partial charge < -0.3 is 20.1 Å². The Kier molecular flexibility index (Phi) is 9.13. The Bertz CT molecular complexity index is 828. The highest BCUT2D eigenvalue weighted by Gasteiger charge is 2.42. The Morgan fingerprint density at radius 2 is 1.97 bits per heavy atom. The molecule has 8 heteroatoms. The van der Waals surface area contributed by atoms with Gasteiger partial charge in [0, 0.05) is 39.6 Å². The van der Waals surface area contributed by atoms with Crippen molar-refractivity contribution in [3.05, 3.63) is 48.5 Å². The lowest BCUT2D eigenvalue weighted by molar-refractivity contribution is -0.138. The van der Waals surface area contributed by atoms with Crippen molar-refractivity contribution in [3.8, 4) is 5.69 Å². The van der Waals surface area contributed by atoms with Crippen molar-refractivity contribution in [1.29, 1.82) is 0 Å². The van der Waals surface area contributed by atoms with Crippen molar-refractivity contribution in [1.82, 2.24) is 25.1 Å². The zero-order valence-corrected chi connectivity index (χ0v) is 20.4. The van der Waals surface area contributed by atoms with Crippen LogP contribution in [0.15, 0.2) is 48.0 Å². The minimum Gasteiger partial charge on any atom is -0.357 e. The number of aliphatic imine (C=N–C) groups is 1. The summed E-state index contributed by atoms with van der Waals surface area (Å²) in [7, 11) is 3.68. The zero-order chi connectivity index (χ0) is 20.7. The number of aromatic nitrogens is 2. The van der Waals surface area contributed by atoms with E-state index in [-0.39, 0.29) is 35.3 Å². The quantitative estimate of drug-likeness (QED) is 0.332. The van der Waals surface area contributed by atoms with Crippen LogP contribution >= 0.6 is 24.0 Å². The van der Waals surface area contributed by atoms with E-state index in [1.54, 1.807) is 17.4 Å². The van der Waals surface area contributed by atoms with Crippen LogP contribution in [-0.4, -0.2) is 53.5 Å². The maximum absolute atomic E-state index is 12.8. The number of halogens is 1. The normalized spacial score (nSPS) is 15.4. The molecule has 2 aromatic rings. The van der Waals surface area contributed by atoms with E-state index in [4.69, 9.17) is 4.99 Å². The molecule has 0 bridgehead atoms. The predicted octanol–water partition coefficient (Wildman–Crippen LogP) is 3.19. The van der Waals surface area contributed by atoms with Crippen molar-refractivity contribution in [3.63, 3.8) is 0 Å². The van der Waals surface area contributed by atoms with Gasteiger partial charge in [-0.3, -0.25) is 4.79 Å². The molecule has 0 radical (unpaired) electrons. The molecule has 1 aliphatic rings. The fourth-order valence-corrected chi connectivity index (χ4v) is 4.05. The van der Waals surface area contributed by atoms with E-state index in [0.29, 0.717) is 13.1 Å². The van der Waals surface area contributed by atoms with E-state index in [1.165, 1.54) is 0 Å². The fraction of sp³-hybridized carbons (Fsp3) is 0.500. The van der Waals surface area contributed by atoms with E-state index in [9.17, 15) is 4.79 Å². The molecule has 2 N–H and O–H groups in total. The molecule has 1 amide bonds. The Morgan fingerprint density at radius 3 is 2.60 bits per heavy atom. The summed E-state index contributed by atoms with van der Waals surface area (Å²) in [5.74, 6) is 0.953. The number of guanidine groups is 1. The van der Waals surface area contributed by atoms with Crippen LogP contribution in [0.5, 0.6) is 0 Å². The molecule has 1 aromatic carbocycles. The molecule has 1 heterocycles. The fourth-order valence-electron chi connectivity index (χ4n) is 4.05. The third kappa shape index (κ3) is 5.74. The highest BCUT2D eigenvalue weighted by atomic mass is 127. The van der Waals surface area contributed by atoms with Crippen molar-refractivity contribution in [2.24, 2.45) is 10.4 Å². The van der Waals surface area contributed by atoms with Crippen molar-refractivity contribution in [2.75, 3.05) is 27.2 Å². The van der Waals surface area contributed by atoms with E-state index in [1.807, 2.05) is 43.9 Å². The molecule has 0 aliphatic heterocycles. The van der Waals surface area contributed by atoms with Gasteiger partial charge in [-0.05, 0) is 31.4 Å². The first-order chi connectivity index (χ1) is 14.1. The van der Waals surface area contributed by atoms with Gasteiger partial charge in [-0.25, -0.2) is 9.98 Å². The largest absolute Gasteiger partial charge is 0.357 e. The number of benzene rings is 1. The van der Waals surface area contributed by atoms with Gasteiger partial charge in [-0.1, -0.05) is 31.0 Å². The highest BCUT2D eigenvalue weighted by molar-refractivity contribution is 14.0. The molecule has 0 saturated heterocycles. The summed E-state index contributed by atoms with van der Waals surface area (Å²) in [4.78, 5) is 23.5. The number of carbonyl (C=O) groups is 1. The SMILES string of the molecule is CCNC(=NCc1ccccc1-n1ccnc1)NCC1(C(=O)N(C)C)CCCC1.I. The molecule has 1 aromatic heterocycles. The maximum atomic E-state index is 12.8. The first-order valence-corrected chi connectivity index (χ1v) is 10.4. The number of amides is 1. The van der Waals surface area contributed by atoms with Crippen molar-refractivity contribution >= 4 is 35.8 Å². The molecule has 3 rings (SSSR count). The van der Waals surface area contributed by atoms with E-state index in [2.05, 4.69) is 27.8 Å². The molecule has 7 nitrogen and oxygen atoms in total. The molecular weight excluding hydrogens is 491 g/mol. The predicted molar refractivity (Wildman–Crippen MR) is 131 cm³/mol. The summed E-state index contributed by atoms with van der Waals surface area (Å²) in [6.45, 7) is 3.97. The second-order valence-corrected chi connectivity index (χ2v) is 7.83. The van der Waals surface area contributed by atoms with Gasteiger partial charge in [0.2, 0.25) is 5.91 Å². The summed E-state index contributed by atoms with van der Waals surface area (Å²) in [6, 6.07) is 8.18. The smallest absolute Gasteiger partial charge is 0.230 e. The Morgan fingerprint density at radius 1 is 1.23 bits per heavy atom. The third-order valence-electron chi connectivity index (χ3n) is 5.54. The Hall–Kier alpha value is -2.10. The third-order valence-corrected chi connectivity index (χ3v) is 5.54. The van der Waals surface area contributed by atoms with Crippen LogP contribution in [0.4, 0.5) is 0 Å². The summed E-state index contributed by atoms with van der Waals surface area (Å²) in [5.41, 5.74) is 1.86. The molecule has 1 aliphatic carbocycles. The topological polar surface area (TPSA) is 74.5 Å². The van der Waals surface area contributed by atoms with Crippen molar-refractivity contribution < 1.29 is 4.79 Å². The number of hydrogen-bond acceptors (Lipinski definition) is 3. The Labute approximate surface area is 196 Å². The second-order valence-electron chi connectivity index (χ2n) is 7.83. The standard InChI is InChI=1S/C22H32N6O.HI/c1-4-24-21(26-16-22(11-7-8-12-22)20(29)27(2)3)25-15-18-9-5-6-10-19(18)28-14-13-23-17-28;/h5-6,9-10,13-14,17H,4,7-8,11-12,15-16H2,1-3H3,(H2,24,25,26);1H. The van der Waals surface area contributed by atoms with Crippen LogP contribution in [0.1, 0.15) is 38.2 Å². The van der Waals surface area contributed by atoms with Crippen LogP contribution < -0.4 is 10.6 Å². The van der Waals surface area contributed by atoms with Gasteiger partial charge in [-0.2, -0.15) is 0 Å². The van der Waals surface area contributed by atoms with E-state index >= 15 is 0 Å². The number of hydrogen-bond donors (Lipinski definition) is 2. The van der Waals surface area contributed by atoms with Gasteiger partial charge in [-0.15, -0.1) is 24.0 Å². The molecule has 0 atom stereocenters. The minimum absolute atomic E-state index is 0. The van der Waals surface area contributed by atoms with Crippen LogP contribution in [0, 0.1) is 5.41 Å². The zero-order valence-electron chi connectivity index (χ0n) is 18.1. The number of nitrogens with one attached hydrogen (secondary N) is 2. The van der Waals surface area contributed by atoms with Crippen molar-refractivity contribution in [2.45, 2.75) is 39.2 Å². The lowest BCUT2D eigenvalue weighted by Crippen LogP contribution is -2.49. The summed E-state index contributed by atoms with van der Waals surface area (Å²) < 4.78 is 1.99. The number of carbonyl (C=O) groups excluding carboxylic acids is 1. The maximum Gasteiger partial charge on any atom is 0.230 e. The van der Waals surface area contributed by atoms with Gasteiger partial charge in [0.25, 0.3) is 0 Å². The van der Waals surface area contributed by atoms with Gasteiger partial charge >= 0.3 is 0 Å². The van der Waals surface area contributed by atoms with E-state index < -0.39 is 0 Å². The second kappa shape index (κ2) is 11.3. The molecule has 1 saturated carbocycles. The molecule has 0 spiro atoms. The van der Waals surface area contributed by atoms with Crippen LogP contribution in [0.2, 0.25) is 0 Å². The summed E-state index contributed by atoms with van der Waals surface area (Å²) in [6.07, 6.45) is 9.57. The molecule has 0 unspecified atom stereocenters. The molecule has 30 heavy (non-hydrogen) atoms. The number of imidazole rings is 1. The van der Waals surface area contributed by atoms with Gasteiger partial charge in [0.15, 0.2) is 5.96 Å². The lowest BCUT2D eigenvalue weighted by atomic mass is 9.84. The molecule has 164 valence electrons. The number of rotatable bonds is 7. The highest BCUT2D eigenvalue weighted by Crippen LogP contribution is 2.38. The Balaban J connectivity index is 0.00000320. The first kappa shape index (κ1) is 24.2. The van der Waals surface area contributed by atoms with Crippen LogP contribution in [0.25, 0.3) is 5.69 Å². The minimum atomic E-state index is -0.325. The first-order valence-electron chi connectivity index (χ1n) is 10.4.